The Kier molecular flexibility index (Phi) is 4.49. The Morgan fingerprint density at radius 1 is 0.486 bits per heavy atom. The van der Waals surface area contributed by atoms with E-state index >= 15 is 0 Å². The third-order valence-corrected chi connectivity index (χ3v) is 13.0. The quantitative estimate of drug-likeness (QED) is 0.402. The van der Waals surface area contributed by atoms with Gasteiger partial charge in [-0.05, 0) is 112 Å². The summed E-state index contributed by atoms with van der Waals surface area (Å²) in [6.07, 6.45) is 0. The molecule has 0 N–H and O–H groups in total. The molecule has 0 aromatic heterocycles. The minimum Gasteiger partial charge on any atom is -0.247 e. The summed E-state index contributed by atoms with van der Waals surface area (Å²) < 4.78 is 0. The van der Waals surface area contributed by atoms with Gasteiger partial charge in [-0.25, -0.2) is 9.98 Å². The van der Waals surface area contributed by atoms with Gasteiger partial charge in [0.05, 0.1) is 22.8 Å². The molecule has 2 aromatic rings. The lowest BCUT2D eigenvalue weighted by Gasteiger charge is -2.29. The predicted molar refractivity (Wildman–Crippen MR) is 155 cm³/mol. The van der Waals surface area contributed by atoms with Crippen molar-refractivity contribution in [3.05, 3.63) is 80.0 Å². The maximum absolute atomic E-state index is 5.07. The molecule has 0 saturated carbocycles. The van der Waals surface area contributed by atoms with E-state index in [0.717, 1.165) is 11.4 Å². The topological polar surface area (TPSA) is 24.7 Å². The fraction of sp³-hybridized carbons (Fsp3) is 0.312. The molecule has 0 bridgehead atoms. The summed E-state index contributed by atoms with van der Waals surface area (Å²) in [6, 6.07) is 9.64. The second kappa shape index (κ2) is 7.01. The highest BCUT2D eigenvalue weighted by Gasteiger charge is 2.37. The molecule has 2 heterocycles. The molecule has 2 aliphatic heterocycles. The predicted octanol–water partition coefficient (Wildman–Crippen LogP) is 7.55. The molecule has 2 nitrogen and oxygen atoms in total. The smallest absolute Gasteiger partial charge is 0.112 e. The van der Waals surface area contributed by atoms with Gasteiger partial charge in [-0.2, -0.15) is 0 Å². The third-order valence-electron chi connectivity index (χ3n) is 9.22. The van der Waals surface area contributed by atoms with Gasteiger partial charge in [0, 0.05) is 22.3 Å². The monoisotopic (exact) mass is 474 g/mol. The van der Waals surface area contributed by atoms with Gasteiger partial charge in [0.25, 0.3) is 0 Å². The Hall–Kier alpha value is -3.04. The molecule has 0 radical (unpaired) electrons. The molecule has 0 amide bonds. The molecule has 0 spiro atoms. The number of nitrogens with zero attached hydrogens (tertiary/aromatic N) is 2. The van der Waals surface area contributed by atoms with Crippen LogP contribution in [0, 0.1) is 13.8 Å². The zero-order chi connectivity index (χ0) is 25.1. The molecular weight excluding hydrogens is 440 g/mol. The number of aryl methyl sites for hydroxylation is 2. The molecule has 0 atom stereocenters. The van der Waals surface area contributed by atoms with Crippen molar-refractivity contribution in [3.8, 4) is 0 Å². The van der Waals surface area contributed by atoms with Crippen LogP contribution in [-0.4, -0.2) is 19.5 Å². The fourth-order valence-corrected chi connectivity index (χ4v) is 10.1. The van der Waals surface area contributed by atoms with Crippen LogP contribution >= 0.6 is 0 Å². The maximum atomic E-state index is 5.07. The summed E-state index contributed by atoms with van der Waals surface area (Å²) in [5.74, 6) is 0. The normalized spacial score (nSPS) is 18.5. The van der Waals surface area contributed by atoms with E-state index in [1.165, 1.54) is 88.6 Å². The van der Waals surface area contributed by atoms with E-state index in [9.17, 15) is 0 Å². The van der Waals surface area contributed by atoms with Crippen molar-refractivity contribution < 1.29 is 0 Å². The molecule has 0 saturated heterocycles. The molecule has 2 aliphatic carbocycles. The van der Waals surface area contributed by atoms with E-state index in [-0.39, 0.29) is 0 Å². The molecule has 0 unspecified atom stereocenters. The van der Waals surface area contributed by atoms with Gasteiger partial charge in [-0.15, -0.1) is 0 Å². The number of hydrogen-bond donors (Lipinski definition) is 0. The van der Waals surface area contributed by atoms with Crippen LogP contribution in [0.25, 0.3) is 11.1 Å². The van der Waals surface area contributed by atoms with Gasteiger partial charge in [-0.1, -0.05) is 35.6 Å². The SMILES string of the molecule is CC1=C(C)C(C)=C2C1=Nc1cc(C)c([Si](C)(C)c3cc4c(cc3C)N=C3C(C)=C(C)C(C)=C34)cc12. The maximum Gasteiger partial charge on any atom is 0.112 e. The Morgan fingerprint density at radius 2 is 0.857 bits per heavy atom. The standard InChI is InChI=1S/C32H34N2Si/c1-15-11-25-23(29-19(5)17(3)21(7)31(29)33-25)13-27(15)35(9,10)28-14-24-26(12-16(28)2)34-32-22(8)18(4)20(6)30(24)32/h11-14H,1-10H3. The van der Waals surface area contributed by atoms with Gasteiger partial charge >= 0.3 is 0 Å². The van der Waals surface area contributed by atoms with Crippen LogP contribution in [-0.2, 0) is 0 Å². The molecule has 176 valence electrons. The first-order valence-corrected chi connectivity index (χ1v) is 15.7. The van der Waals surface area contributed by atoms with Crippen LogP contribution in [0.15, 0.2) is 67.7 Å². The van der Waals surface area contributed by atoms with Crippen molar-refractivity contribution in [2.45, 2.75) is 68.5 Å². The first kappa shape index (κ1) is 22.4. The Balaban J connectivity index is 1.50. The first-order valence-electron chi connectivity index (χ1n) is 12.7. The Bertz CT molecular complexity index is 1490. The largest absolute Gasteiger partial charge is 0.247 e. The number of rotatable bonds is 2. The van der Waals surface area contributed by atoms with Gasteiger partial charge < -0.3 is 0 Å². The minimum atomic E-state index is -2.00. The summed E-state index contributed by atoms with van der Waals surface area (Å²) >= 11 is 0. The van der Waals surface area contributed by atoms with E-state index < -0.39 is 8.07 Å². The van der Waals surface area contributed by atoms with Gasteiger partial charge in [0.15, 0.2) is 0 Å². The van der Waals surface area contributed by atoms with E-state index in [1.54, 1.807) is 0 Å². The molecule has 4 aliphatic rings. The van der Waals surface area contributed by atoms with E-state index in [1.807, 2.05) is 0 Å². The summed E-state index contributed by atoms with van der Waals surface area (Å²) in [5.41, 5.74) is 20.9. The first-order chi connectivity index (χ1) is 16.4. The summed E-state index contributed by atoms with van der Waals surface area (Å²) in [7, 11) is -2.00. The molecule has 35 heavy (non-hydrogen) atoms. The van der Waals surface area contributed by atoms with Gasteiger partial charge in [-0.3, -0.25) is 0 Å². The number of allylic oxidation sites excluding steroid dienone is 8. The summed E-state index contributed by atoms with van der Waals surface area (Å²) in [4.78, 5) is 10.1. The van der Waals surface area contributed by atoms with Gasteiger partial charge in [0.1, 0.15) is 8.07 Å². The van der Waals surface area contributed by atoms with Crippen LogP contribution in [0.1, 0.15) is 63.8 Å². The highest BCUT2D eigenvalue weighted by atomic mass is 28.3. The van der Waals surface area contributed by atoms with E-state index in [2.05, 4.69) is 92.7 Å². The zero-order valence-electron chi connectivity index (χ0n) is 22.7. The van der Waals surface area contributed by atoms with E-state index in [4.69, 9.17) is 9.98 Å². The molecule has 2 aromatic carbocycles. The van der Waals surface area contributed by atoms with Crippen LogP contribution in [0.3, 0.4) is 0 Å². The zero-order valence-corrected chi connectivity index (χ0v) is 23.7. The van der Waals surface area contributed by atoms with Crippen molar-refractivity contribution in [1.29, 1.82) is 0 Å². The summed E-state index contributed by atoms with van der Waals surface area (Å²) in [6.45, 7) is 23.0. The molecular formula is C32H34N2Si. The van der Waals surface area contributed by atoms with Crippen LogP contribution < -0.4 is 10.4 Å². The van der Waals surface area contributed by atoms with Crippen molar-refractivity contribution in [2.24, 2.45) is 9.98 Å². The third kappa shape index (κ3) is 2.76. The van der Waals surface area contributed by atoms with Gasteiger partial charge in [0.2, 0.25) is 0 Å². The lowest BCUT2D eigenvalue weighted by molar-refractivity contribution is 1.32. The summed E-state index contributed by atoms with van der Waals surface area (Å²) in [5, 5.41) is 3.03. The van der Waals surface area contributed by atoms with E-state index in [0.29, 0.717) is 0 Å². The molecule has 0 fully saturated rings. The minimum absolute atomic E-state index is 1.14. The second-order valence-corrected chi connectivity index (χ2v) is 15.7. The molecule has 6 rings (SSSR count). The number of benzene rings is 2. The molecule has 3 heteroatoms. The van der Waals surface area contributed by atoms with Crippen molar-refractivity contribution in [2.75, 3.05) is 0 Å². The van der Waals surface area contributed by atoms with Crippen LogP contribution in [0.2, 0.25) is 13.1 Å². The number of aliphatic imine (C=N–C) groups is 2. The lowest BCUT2D eigenvalue weighted by atomic mass is 9.99. The van der Waals surface area contributed by atoms with Crippen LogP contribution in [0.4, 0.5) is 11.4 Å². The fourth-order valence-electron chi connectivity index (χ4n) is 6.67. The second-order valence-electron chi connectivity index (χ2n) is 11.4. The van der Waals surface area contributed by atoms with Crippen LogP contribution in [0.5, 0.6) is 0 Å². The number of fused-ring (bicyclic) bond motifs is 6. The van der Waals surface area contributed by atoms with Crippen molar-refractivity contribution in [3.63, 3.8) is 0 Å². The number of hydrogen-bond acceptors (Lipinski definition) is 2. The average molecular weight is 475 g/mol. The van der Waals surface area contributed by atoms with Crippen molar-refractivity contribution in [1.82, 2.24) is 0 Å². The average Bonchev–Trinajstić information content (AvgIpc) is 3.47. The lowest BCUT2D eigenvalue weighted by Crippen LogP contribution is -2.55. The Morgan fingerprint density at radius 3 is 1.23 bits per heavy atom. The highest BCUT2D eigenvalue weighted by Crippen LogP contribution is 2.47. The highest BCUT2D eigenvalue weighted by molar-refractivity contribution is 7.01. The Labute approximate surface area is 210 Å². The van der Waals surface area contributed by atoms with Crippen molar-refractivity contribution >= 4 is 52.4 Å².